The molecule has 6 rings (SSSR count). The predicted octanol–water partition coefficient (Wildman–Crippen LogP) is 4.23. The lowest BCUT2D eigenvalue weighted by molar-refractivity contribution is 0.0697. The quantitative estimate of drug-likeness (QED) is 0.435. The summed E-state index contributed by atoms with van der Waals surface area (Å²) in [4.78, 5) is 38.6. The molecule has 0 spiro atoms. The van der Waals surface area contributed by atoms with Crippen molar-refractivity contribution in [2.24, 2.45) is 0 Å². The second-order valence-corrected chi connectivity index (χ2v) is 10.3. The topological polar surface area (TPSA) is 120 Å². The van der Waals surface area contributed by atoms with Gasteiger partial charge in [0, 0.05) is 35.6 Å². The van der Waals surface area contributed by atoms with E-state index in [1.54, 1.807) is 12.1 Å². The SMILES string of the molecule is CCN1CCc2c(nc(-c3ccc(NC(=O)Nc4ccc(C(=O)O)cc4)cc3)nc2N2C3CCC2COC3)C1. The molecule has 3 aromatic rings. The van der Waals surface area contributed by atoms with Crippen molar-refractivity contribution in [3.63, 3.8) is 0 Å². The van der Waals surface area contributed by atoms with E-state index >= 15 is 0 Å². The van der Waals surface area contributed by atoms with Crippen LogP contribution in [0.5, 0.6) is 0 Å². The van der Waals surface area contributed by atoms with Crippen molar-refractivity contribution in [1.29, 1.82) is 0 Å². The van der Waals surface area contributed by atoms with Gasteiger partial charge >= 0.3 is 12.0 Å². The largest absolute Gasteiger partial charge is 0.478 e. The maximum Gasteiger partial charge on any atom is 0.335 e. The van der Waals surface area contributed by atoms with Crippen LogP contribution in [-0.4, -0.2) is 70.4 Å². The molecule has 0 radical (unpaired) electrons. The van der Waals surface area contributed by atoms with E-state index < -0.39 is 12.0 Å². The summed E-state index contributed by atoms with van der Waals surface area (Å²) in [5.41, 5.74) is 4.55. The van der Waals surface area contributed by atoms with Gasteiger partial charge in [0.05, 0.1) is 36.6 Å². The Morgan fingerprint density at radius 1 is 0.974 bits per heavy atom. The number of anilines is 3. The molecule has 2 saturated heterocycles. The molecule has 2 atom stereocenters. The number of nitrogens with zero attached hydrogens (tertiary/aromatic N) is 4. The first-order valence-corrected chi connectivity index (χ1v) is 13.5. The van der Waals surface area contributed by atoms with Crippen molar-refractivity contribution in [2.45, 2.75) is 44.8 Å². The van der Waals surface area contributed by atoms with Gasteiger partial charge < -0.3 is 25.4 Å². The molecule has 2 bridgehead atoms. The first-order valence-electron chi connectivity index (χ1n) is 13.5. The monoisotopic (exact) mass is 528 g/mol. The molecule has 202 valence electrons. The third kappa shape index (κ3) is 5.17. The average Bonchev–Trinajstić information content (AvgIpc) is 3.19. The van der Waals surface area contributed by atoms with Gasteiger partial charge in [0.1, 0.15) is 5.82 Å². The van der Waals surface area contributed by atoms with Gasteiger partial charge in [-0.15, -0.1) is 0 Å². The molecule has 0 aliphatic carbocycles. The number of carboxylic acid groups (broad SMARTS) is 1. The lowest BCUT2D eigenvalue weighted by atomic mass is 10.0. The fourth-order valence-corrected chi connectivity index (χ4v) is 5.74. The van der Waals surface area contributed by atoms with Crippen molar-refractivity contribution >= 4 is 29.2 Å². The first-order chi connectivity index (χ1) is 19.0. The lowest BCUT2D eigenvalue weighted by Gasteiger charge is -2.38. The molecule has 2 amide bonds. The smallest absolute Gasteiger partial charge is 0.335 e. The molecule has 39 heavy (non-hydrogen) atoms. The summed E-state index contributed by atoms with van der Waals surface area (Å²) < 4.78 is 5.84. The highest BCUT2D eigenvalue weighted by molar-refractivity contribution is 6.00. The van der Waals surface area contributed by atoms with Gasteiger partial charge in [-0.25, -0.2) is 19.6 Å². The molecule has 2 aromatic carbocycles. The Bertz CT molecular complexity index is 1360. The van der Waals surface area contributed by atoms with Crippen LogP contribution in [0.1, 0.15) is 41.4 Å². The van der Waals surface area contributed by atoms with Gasteiger partial charge in [-0.2, -0.15) is 0 Å². The van der Waals surface area contributed by atoms with Crippen LogP contribution in [0, 0.1) is 0 Å². The summed E-state index contributed by atoms with van der Waals surface area (Å²) in [6.07, 6.45) is 3.21. The molecule has 3 N–H and O–H groups in total. The Morgan fingerprint density at radius 2 is 1.62 bits per heavy atom. The maximum absolute atomic E-state index is 12.5. The number of fused-ring (bicyclic) bond motifs is 3. The standard InChI is InChI=1S/C29H32N6O4/c1-2-34-14-13-24-25(15-34)32-26(33-27(24)35-22-11-12-23(35)17-39-16-22)18-3-7-20(8-4-18)30-29(38)31-21-9-5-19(6-10-21)28(36)37/h3-10,22-23H,2,11-17H2,1H3,(H,36,37)(H2,30,31,38). The zero-order valence-electron chi connectivity index (χ0n) is 21.9. The number of rotatable bonds is 6. The number of likely N-dealkylation sites (N-methyl/N-ethyl adjacent to an activating group) is 1. The number of carboxylic acids is 1. The minimum atomic E-state index is -1.01. The fourth-order valence-electron chi connectivity index (χ4n) is 5.74. The Hall–Kier alpha value is -4.02. The van der Waals surface area contributed by atoms with Crippen LogP contribution >= 0.6 is 0 Å². The number of carbonyl (C=O) groups excluding carboxylic acids is 1. The van der Waals surface area contributed by atoms with E-state index in [1.165, 1.54) is 17.7 Å². The van der Waals surface area contributed by atoms with Crippen molar-refractivity contribution in [2.75, 3.05) is 41.8 Å². The van der Waals surface area contributed by atoms with Gasteiger partial charge in [-0.3, -0.25) is 4.90 Å². The van der Waals surface area contributed by atoms with E-state index in [-0.39, 0.29) is 5.56 Å². The fraction of sp³-hybridized carbons (Fsp3) is 0.379. The van der Waals surface area contributed by atoms with Crippen LogP contribution in [0.4, 0.5) is 22.0 Å². The minimum Gasteiger partial charge on any atom is -0.478 e. The third-order valence-electron chi connectivity index (χ3n) is 7.85. The van der Waals surface area contributed by atoms with Crippen LogP contribution in [0.25, 0.3) is 11.4 Å². The van der Waals surface area contributed by atoms with Gasteiger partial charge in [-0.1, -0.05) is 6.92 Å². The zero-order chi connectivity index (χ0) is 26.9. The number of aromatic nitrogens is 2. The average molecular weight is 529 g/mol. The number of aromatic carboxylic acids is 1. The molecular formula is C29H32N6O4. The molecule has 10 heteroatoms. The Labute approximate surface area is 227 Å². The van der Waals surface area contributed by atoms with E-state index in [1.807, 2.05) is 24.3 Å². The van der Waals surface area contributed by atoms with E-state index in [4.69, 9.17) is 19.8 Å². The second kappa shape index (κ2) is 10.6. The van der Waals surface area contributed by atoms with E-state index in [0.717, 1.165) is 69.2 Å². The van der Waals surface area contributed by atoms with Crippen molar-refractivity contribution in [3.8, 4) is 11.4 Å². The summed E-state index contributed by atoms with van der Waals surface area (Å²) >= 11 is 0. The summed E-state index contributed by atoms with van der Waals surface area (Å²) in [5, 5.41) is 14.6. The second-order valence-electron chi connectivity index (χ2n) is 10.3. The summed E-state index contributed by atoms with van der Waals surface area (Å²) in [6.45, 7) is 6.51. The Balaban J connectivity index is 1.22. The summed E-state index contributed by atoms with van der Waals surface area (Å²) in [6, 6.07) is 13.8. The number of morpholine rings is 1. The molecule has 4 heterocycles. The lowest BCUT2D eigenvalue weighted by Crippen LogP contribution is -2.47. The van der Waals surface area contributed by atoms with Gasteiger partial charge in [0.15, 0.2) is 5.82 Å². The zero-order valence-corrected chi connectivity index (χ0v) is 21.9. The summed E-state index contributed by atoms with van der Waals surface area (Å²) in [7, 11) is 0. The van der Waals surface area contributed by atoms with E-state index in [9.17, 15) is 9.59 Å². The number of urea groups is 1. The highest BCUT2D eigenvalue weighted by atomic mass is 16.5. The van der Waals surface area contributed by atoms with E-state index in [0.29, 0.717) is 29.3 Å². The molecule has 2 unspecified atom stereocenters. The number of amides is 2. The predicted molar refractivity (Wildman–Crippen MR) is 148 cm³/mol. The highest BCUT2D eigenvalue weighted by Gasteiger charge is 2.40. The van der Waals surface area contributed by atoms with E-state index in [2.05, 4.69) is 27.4 Å². The molecular weight excluding hydrogens is 496 g/mol. The normalized spacial score (nSPS) is 20.4. The van der Waals surface area contributed by atoms with Crippen LogP contribution in [0.2, 0.25) is 0 Å². The number of hydrogen-bond donors (Lipinski definition) is 3. The van der Waals surface area contributed by atoms with Crippen LogP contribution in [-0.2, 0) is 17.7 Å². The van der Waals surface area contributed by atoms with Crippen molar-refractivity contribution < 1.29 is 19.4 Å². The number of nitrogens with one attached hydrogen (secondary N) is 2. The third-order valence-corrected chi connectivity index (χ3v) is 7.85. The number of hydrogen-bond acceptors (Lipinski definition) is 7. The van der Waals surface area contributed by atoms with Crippen LogP contribution < -0.4 is 15.5 Å². The minimum absolute atomic E-state index is 0.160. The number of carbonyl (C=O) groups is 2. The van der Waals surface area contributed by atoms with Crippen molar-refractivity contribution in [3.05, 3.63) is 65.4 Å². The Morgan fingerprint density at radius 3 is 2.23 bits per heavy atom. The molecule has 1 aromatic heterocycles. The molecule has 3 aliphatic heterocycles. The highest BCUT2D eigenvalue weighted by Crippen LogP contribution is 2.38. The van der Waals surface area contributed by atoms with Crippen LogP contribution in [0.15, 0.2) is 48.5 Å². The molecule has 2 fully saturated rings. The Kier molecular flexibility index (Phi) is 6.88. The van der Waals surface area contributed by atoms with Gasteiger partial charge in [0.2, 0.25) is 0 Å². The number of ether oxygens (including phenoxy) is 1. The first kappa shape index (κ1) is 25.3. The maximum atomic E-state index is 12.5. The van der Waals surface area contributed by atoms with Crippen LogP contribution in [0.3, 0.4) is 0 Å². The van der Waals surface area contributed by atoms with Gasteiger partial charge in [-0.05, 0) is 74.3 Å². The molecule has 3 aliphatic rings. The summed E-state index contributed by atoms with van der Waals surface area (Å²) in [5.74, 6) is 0.750. The molecule has 0 saturated carbocycles. The van der Waals surface area contributed by atoms with Gasteiger partial charge in [0.25, 0.3) is 0 Å². The van der Waals surface area contributed by atoms with Crippen molar-refractivity contribution in [1.82, 2.24) is 14.9 Å². The molecule has 10 nitrogen and oxygen atoms in total. The number of benzene rings is 2.